The Balaban J connectivity index is 1.52. The summed E-state index contributed by atoms with van der Waals surface area (Å²) < 4.78 is 15.9. The zero-order valence-electron chi connectivity index (χ0n) is 18.7. The average molecular weight is 468 g/mol. The molecule has 0 saturated carbocycles. The second-order valence-electron chi connectivity index (χ2n) is 7.96. The van der Waals surface area contributed by atoms with Crippen LogP contribution in [-0.4, -0.2) is 42.9 Å². The third-order valence-electron chi connectivity index (χ3n) is 5.92. The molecule has 1 unspecified atom stereocenters. The van der Waals surface area contributed by atoms with E-state index in [1.807, 2.05) is 0 Å². The molecule has 2 heterocycles. The summed E-state index contributed by atoms with van der Waals surface area (Å²) in [6, 6.07) is 15.4. The van der Waals surface area contributed by atoms with E-state index in [0.717, 1.165) is 0 Å². The Morgan fingerprint density at radius 2 is 1.77 bits per heavy atom. The summed E-state index contributed by atoms with van der Waals surface area (Å²) in [6.07, 6.45) is 5.55. The topological polar surface area (TPSA) is 94.2 Å². The molecular weight excluding hydrogens is 448 g/mol. The van der Waals surface area contributed by atoms with Crippen molar-refractivity contribution in [3.8, 4) is 29.6 Å². The number of rotatable bonds is 5. The Morgan fingerprint density at radius 3 is 2.51 bits per heavy atom. The number of amides is 2. The van der Waals surface area contributed by atoms with Crippen LogP contribution in [0.5, 0.6) is 17.2 Å². The van der Waals surface area contributed by atoms with Gasteiger partial charge in [-0.25, -0.2) is 0 Å². The molecule has 0 saturated heterocycles. The summed E-state index contributed by atoms with van der Waals surface area (Å²) in [5.41, 5.74) is 1.73. The fraction of sp³-hybridized carbons (Fsp3) is 0.148. The molecule has 35 heavy (non-hydrogen) atoms. The Labute approximate surface area is 201 Å². The number of anilines is 1. The largest absolute Gasteiger partial charge is 0.497 e. The van der Waals surface area contributed by atoms with Gasteiger partial charge in [-0.15, -0.1) is 6.42 Å². The van der Waals surface area contributed by atoms with Crippen molar-refractivity contribution in [2.75, 3.05) is 25.8 Å². The quantitative estimate of drug-likeness (QED) is 0.456. The molecule has 1 atom stereocenters. The summed E-state index contributed by atoms with van der Waals surface area (Å²) in [5.74, 6) is 2.96. The van der Waals surface area contributed by atoms with Gasteiger partial charge in [-0.05, 0) is 54.1 Å². The van der Waals surface area contributed by atoms with Crippen LogP contribution in [0.4, 0.5) is 5.69 Å². The van der Waals surface area contributed by atoms with Crippen LogP contribution < -0.4 is 19.5 Å². The number of carbonyl (C=O) groups excluding carboxylic acids is 3. The number of nitrogens with zero attached hydrogens (tertiary/aromatic N) is 1. The van der Waals surface area contributed by atoms with Gasteiger partial charge in [-0.2, -0.15) is 0 Å². The van der Waals surface area contributed by atoms with Gasteiger partial charge in [0.05, 0.1) is 24.9 Å². The fourth-order valence-electron chi connectivity index (χ4n) is 4.17. The highest BCUT2D eigenvalue weighted by molar-refractivity contribution is 6.14. The predicted molar refractivity (Wildman–Crippen MR) is 127 cm³/mol. The van der Waals surface area contributed by atoms with Crippen molar-refractivity contribution >= 4 is 23.3 Å². The van der Waals surface area contributed by atoms with Gasteiger partial charge in [-0.3, -0.25) is 14.4 Å². The van der Waals surface area contributed by atoms with Crippen LogP contribution in [0.3, 0.4) is 0 Å². The molecule has 0 aromatic heterocycles. The second-order valence-corrected chi connectivity index (χ2v) is 7.96. The SMILES string of the molecule is C#CCN1C(=O)c2cc(C(=O)c3ccc4c(c3)OCO4)ccc2NC(=O)C1c1ccc(OC)cc1. The van der Waals surface area contributed by atoms with E-state index in [4.69, 9.17) is 20.6 Å². The van der Waals surface area contributed by atoms with Crippen molar-refractivity contribution in [2.45, 2.75) is 6.04 Å². The van der Waals surface area contributed by atoms with Crippen molar-refractivity contribution in [1.82, 2.24) is 4.90 Å². The van der Waals surface area contributed by atoms with Gasteiger partial charge in [0.15, 0.2) is 17.3 Å². The first-order chi connectivity index (χ1) is 17.0. The van der Waals surface area contributed by atoms with Crippen LogP contribution >= 0.6 is 0 Å². The molecule has 3 aromatic carbocycles. The first-order valence-electron chi connectivity index (χ1n) is 10.8. The molecular formula is C27H20N2O6. The molecule has 8 heteroatoms. The zero-order chi connectivity index (χ0) is 24.5. The molecule has 0 bridgehead atoms. The summed E-state index contributed by atoms with van der Waals surface area (Å²) in [6.45, 7) is 0.00310. The molecule has 5 rings (SSSR count). The molecule has 0 aliphatic carbocycles. The van der Waals surface area contributed by atoms with Crippen LogP contribution in [0.1, 0.15) is 37.9 Å². The van der Waals surface area contributed by atoms with Gasteiger partial charge in [0.25, 0.3) is 11.8 Å². The number of hydrogen-bond acceptors (Lipinski definition) is 6. The van der Waals surface area contributed by atoms with Gasteiger partial charge in [0, 0.05) is 11.1 Å². The third kappa shape index (κ3) is 3.93. The Bertz CT molecular complexity index is 1390. The number of carbonyl (C=O) groups is 3. The first-order valence-corrected chi connectivity index (χ1v) is 10.8. The van der Waals surface area contributed by atoms with Crippen LogP contribution in [0.15, 0.2) is 60.7 Å². The molecule has 8 nitrogen and oxygen atoms in total. The van der Waals surface area contributed by atoms with E-state index in [0.29, 0.717) is 34.1 Å². The van der Waals surface area contributed by atoms with Crippen molar-refractivity contribution in [3.05, 3.63) is 82.9 Å². The zero-order valence-corrected chi connectivity index (χ0v) is 18.7. The second kappa shape index (κ2) is 8.88. The van der Waals surface area contributed by atoms with Crippen molar-refractivity contribution < 1.29 is 28.6 Å². The number of fused-ring (bicyclic) bond motifs is 2. The Kier molecular flexibility index (Phi) is 5.59. The molecule has 2 aliphatic rings. The molecule has 2 aliphatic heterocycles. The van der Waals surface area contributed by atoms with Crippen LogP contribution in [-0.2, 0) is 4.79 Å². The third-order valence-corrected chi connectivity index (χ3v) is 5.92. The minimum Gasteiger partial charge on any atom is -0.497 e. The summed E-state index contributed by atoms with van der Waals surface area (Å²) in [4.78, 5) is 41.3. The van der Waals surface area contributed by atoms with E-state index in [1.54, 1.807) is 61.7 Å². The number of ketones is 1. The van der Waals surface area contributed by atoms with E-state index < -0.39 is 17.9 Å². The molecule has 1 N–H and O–H groups in total. The van der Waals surface area contributed by atoms with Gasteiger partial charge < -0.3 is 24.4 Å². The van der Waals surface area contributed by atoms with E-state index in [-0.39, 0.29) is 30.2 Å². The van der Waals surface area contributed by atoms with E-state index >= 15 is 0 Å². The number of terminal acetylenes is 1. The lowest BCUT2D eigenvalue weighted by Gasteiger charge is -2.27. The van der Waals surface area contributed by atoms with Crippen LogP contribution in [0.2, 0.25) is 0 Å². The summed E-state index contributed by atoms with van der Waals surface area (Å²) in [7, 11) is 1.54. The molecule has 0 spiro atoms. The number of benzene rings is 3. The van der Waals surface area contributed by atoms with Gasteiger partial charge in [-0.1, -0.05) is 18.1 Å². The standard InChI is InChI=1S/C27H20N2O6/c1-3-12-29-24(16-4-8-19(33-2)9-5-16)26(31)28-21-10-6-17(13-20(21)27(29)32)25(30)18-7-11-22-23(14-18)35-15-34-22/h1,4-11,13-14,24H,12,15H2,2H3,(H,28,31). The lowest BCUT2D eigenvalue weighted by molar-refractivity contribution is -0.120. The highest BCUT2D eigenvalue weighted by Gasteiger charge is 2.36. The van der Waals surface area contributed by atoms with Crippen molar-refractivity contribution in [2.24, 2.45) is 0 Å². The number of methoxy groups -OCH3 is 1. The van der Waals surface area contributed by atoms with Gasteiger partial charge >= 0.3 is 0 Å². The predicted octanol–water partition coefficient (Wildman–Crippen LogP) is 3.42. The molecule has 174 valence electrons. The smallest absolute Gasteiger partial charge is 0.257 e. The average Bonchev–Trinajstić information content (AvgIpc) is 3.32. The lowest BCUT2D eigenvalue weighted by atomic mass is 9.99. The molecule has 0 radical (unpaired) electrons. The highest BCUT2D eigenvalue weighted by atomic mass is 16.7. The number of ether oxygens (including phenoxy) is 3. The van der Waals surface area contributed by atoms with Crippen LogP contribution in [0, 0.1) is 12.3 Å². The highest BCUT2D eigenvalue weighted by Crippen LogP contribution is 2.35. The van der Waals surface area contributed by atoms with Crippen molar-refractivity contribution in [3.63, 3.8) is 0 Å². The monoisotopic (exact) mass is 468 g/mol. The first kappa shape index (κ1) is 22.0. The van der Waals surface area contributed by atoms with Crippen LogP contribution in [0.25, 0.3) is 0 Å². The summed E-state index contributed by atoms with van der Waals surface area (Å²) >= 11 is 0. The van der Waals surface area contributed by atoms with E-state index in [2.05, 4.69) is 11.2 Å². The Morgan fingerprint density at radius 1 is 1.06 bits per heavy atom. The molecule has 3 aromatic rings. The van der Waals surface area contributed by atoms with Gasteiger partial charge in [0.2, 0.25) is 6.79 Å². The number of nitrogens with one attached hydrogen (secondary N) is 1. The fourth-order valence-corrected chi connectivity index (χ4v) is 4.17. The Hall–Kier alpha value is -4.77. The minimum atomic E-state index is -0.954. The maximum atomic E-state index is 13.6. The number of hydrogen-bond donors (Lipinski definition) is 1. The molecule has 0 fully saturated rings. The summed E-state index contributed by atoms with van der Waals surface area (Å²) in [5, 5.41) is 2.81. The molecule has 2 amide bonds. The maximum absolute atomic E-state index is 13.6. The van der Waals surface area contributed by atoms with Gasteiger partial charge in [0.1, 0.15) is 11.8 Å². The normalized spacial score (nSPS) is 16.1. The van der Waals surface area contributed by atoms with E-state index in [9.17, 15) is 14.4 Å². The maximum Gasteiger partial charge on any atom is 0.257 e. The lowest BCUT2D eigenvalue weighted by Crippen LogP contribution is -2.39. The van der Waals surface area contributed by atoms with Crippen molar-refractivity contribution in [1.29, 1.82) is 0 Å². The minimum absolute atomic E-state index is 0.0945. The van der Waals surface area contributed by atoms with E-state index in [1.165, 1.54) is 11.0 Å².